The number of fused-ring (bicyclic) bond motifs is 2. The van der Waals surface area contributed by atoms with Crippen molar-refractivity contribution >= 4 is 16.7 Å². The van der Waals surface area contributed by atoms with Gasteiger partial charge in [-0.1, -0.05) is 0 Å². The molecule has 1 aromatic carbocycles. The standard InChI is InChI=1S/C22H25N3O2/c1-14-11-23-22-19(14)9-17(12-24-22)16-8-15-4-3-7-27-21(15)20(10-16)25-6-2-5-18(25)13-26/h8-12,18,26H,2-7,13H2,1H3,(H,23,24)/t18-/m0/s1. The lowest BCUT2D eigenvalue weighted by molar-refractivity contribution is 0.263. The average molecular weight is 363 g/mol. The van der Waals surface area contributed by atoms with Crippen molar-refractivity contribution in [3.63, 3.8) is 0 Å². The molecule has 2 aromatic heterocycles. The SMILES string of the molecule is Cc1c[nH]c2ncc(-c3cc4c(c(N5CCC[C@H]5CO)c3)OCCC4)cc12. The van der Waals surface area contributed by atoms with Crippen LogP contribution in [0.4, 0.5) is 5.69 Å². The van der Waals surface area contributed by atoms with Crippen LogP contribution in [0.2, 0.25) is 0 Å². The predicted molar refractivity (Wildman–Crippen MR) is 108 cm³/mol. The quantitative estimate of drug-likeness (QED) is 0.743. The normalized spacial score (nSPS) is 19.3. The molecule has 2 aliphatic heterocycles. The third-order valence-electron chi connectivity index (χ3n) is 5.95. The number of H-pyrrole nitrogens is 1. The van der Waals surface area contributed by atoms with Crippen molar-refractivity contribution in [2.24, 2.45) is 0 Å². The topological polar surface area (TPSA) is 61.4 Å². The van der Waals surface area contributed by atoms with Crippen LogP contribution in [0.5, 0.6) is 5.75 Å². The van der Waals surface area contributed by atoms with Crippen molar-refractivity contribution in [2.45, 2.75) is 38.6 Å². The van der Waals surface area contributed by atoms with Gasteiger partial charge in [-0.25, -0.2) is 4.98 Å². The van der Waals surface area contributed by atoms with Gasteiger partial charge in [-0.05, 0) is 67.5 Å². The van der Waals surface area contributed by atoms with Gasteiger partial charge in [-0.3, -0.25) is 0 Å². The van der Waals surface area contributed by atoms with E-state index in [-0.39, 0.29) is 12.6 Å². The molecule has 5 heteroatoms. The second-order valence-electron chi connectivity index (χ2n) is 7.70. The first-order valence-corrected chi connectivity index (χ1v) is 9.86. The third kappa shape index (κ3) is 2.77. The summed E-state index contributed by atoms with van der Waals surface area (Å²) in [7, 11) is 0. The van der Waals surface area contributed by atoms with E-state index >= 15 is 0 Å². The van der Waals surface area contributed by atoms with E-state index in [1.807, 2.05) is 12.4 Å². The summed E-state index contributed by atoms with van der Waals surface area (Å²) < 4.78 is 6.08. The van der Waals surface area contributed by atoms with Gasteiger partial charge in [0.1, 0.15) is 11.4 Å². The van der Waals surface area contributed by atoms with E-state index in [1.54, 1.807) is 0 Å². The number of pyridine rings is 1. The number of ether oxygens (including phenoxy) is 1. The van der Waals surface area contributed by atoms with Crippen LogP contribution in [0.25, 0.3) is 22.2 Å². The summed E-state index contributed by atoms with van der Waals surface area (Å²) in [5.74, 6) is 1.01. The van der Waals surface area contributed by atoms with Crippen LogP contribution in [-0.2, 0) is 6.42 Å². The number of nitrogens with zero attached hydrogens (tertiary/aromatic N) is 2. The number of aliphatic hydroxyl groups excluding tert-OH is 1. The predicted octanol–water partition coefficient (Wildman–Crippen LogP) is 3.82. The number of benzene rings is 1. The van der Waals surface area contributed by atoms with Gasteiger partial charge in [-0.15, -0.1) is 0 Å². The van der Waals surface area contributed by atoms with E-state index in [0.29, 0.717) is 0 Å². The summed E-state index contributed by atoms with van der Waals surface area (Å²) in [4.78, 5) is 10.2. The van der Waals surface area contributed by atoms with E-state index < -0.39 is 0 Å². The summed E-state index contributed by atoms with van der Waals surface area (Å²) in [5.41, 5.74) is 6.83. The maximum absolute atomic E-state index is 9.82. The highest BCUT2D eigenvalue weighted by Gasteiger charge is 2.29. The largest absolute Gasteiger partial charge is 0.491 e. The molecule has 1 atom stereocenters. The Labute approximate surface area is 159 Å². The van der Waals surface area contributed by atoms with E-state index in [1.165, 1.54) is 16.7 Å². The minimum Gasteiger partial charge on any atom is -0.491 e. The molecule has 3 aromatic rings. The number of aromatic nitrogens is 2. The summed E-state index contributed by atoms with van der Waals surface area (Å²) in [5, 5.41) is 11.0. The van der Waals surface area contributed by atoms with Gasteiger partial charge in [0, 0.05) is 29.9 Å². The molecule has 27 heavy (non-hydrogen) atoms. The van der Waals surface area contributed by atoms with Crippen LogP contribution in [-0.4, -0.2) is 40.9 Å². The highest BCUT2D eigenvalue weighted by Crippen LogP contribution is 2.42. The van der Waals surface area contributed by atoms with Gasteiger partial charge in [-0.2, -0.15) is 0 Å². The van der Waals surface area contributed by atoms with Crippen LogP contribution in [0.3, 0.4) is 0 Å². The molecule has 5 nitrogen and oxygen atoms in total. The van der Waals surface area contributed by atoms with Crippen LogP contribution in [0.15, 0.2) is 30.6 Å². The molecule has 2 N–H and O–H groups in total. The van der Waals surface area contributed by atoms with E-state index in [2.05, 4.69) is 40.0 Å². The lowest BCUT2D eigenvalue weighted by Crippen LogP contribution is -2.33. The van der Waals surface area contributed by atoms with Crippen molar-refractivity contribution in [3.05, 3.63) is 41.7 Å². The molecule has 0 saturated carbocycles. The summed E-state index contributed by atoms with van der Waals surface area (Å²) in [6.45, 7) is 4.04. The molecule has 0 aliphatic carbocycles. The number of rotatable bonds is 3. The van der Waals surface area contributed by atoms with Crippen molar-refractivity contribution in [2.75, 3.05) is 24.7 Å². The van der Waals surface area contributed by atoms with Crippen molar-refractivity contribution in [1.29, 1.82) is 0 Å². The van der Waals surface area contributed by atoms with Crippen LogP contribution in [0, 0.1) is 6.92 Å². The second kappa shape index (κ2) is 6.57. The molecule has 0 radical (unpaired) electrons. The van der Waals surface area contributed by atoms with Crippen LogP contribution >= 0.6 is 0 Å². The molecule has 0 unspecified atom stereocenters. The van der Waals surface area contributed by atoms with E-state index in [9.17, 15) is 5.11 Å². The van der Waals surface area contributed by atoms with Crippen molar-refractivity contribution < 1.29 is 9.84 Å². The summed E-state index contributed by atoms with van der Waals surface area (Å²) in [6, 6.07) is 6.88. The first-order valence-electron chi connectivity index (χ1n) is 9.86. The minimum absolute atomic E-state index is 0.183. The number of nitrogens with one attached hydrogen (secondary N) is 1. The van der Waals surface area contributed by atoms with Crippen LogP contribution in [0.1, 0.15) is 30.4 Å². The molecule has 0 spiro atoms. The second-order valence-corrected chi connectivity index (χ2v) is 7.70. The van der Waals surface area contributed by atoms with E-state index in [4.69, 9.17) is 4.74 Å². The third-order valence-corrected chi connectivity index (χ3v) is 5.95. The molecule has 4 heterocycles. The zero-order valence-electron chi connectivity index (χ0n) is 15.7. The fourth-order valence-corrected chi connectivity index (χ4v) is 4.48. The molecule has 0 bridgehead atoms. The minimum atomic E-state index is 0.183. The van der Waals surface area contributed by atoms with Gasteiger partial charge >= 0.3 is 0 Å². The molecule has 1 saturated heterocycles. The highest BCUT2D eigenvalue weighted by atomic mass is 16.5. The highest BCUT2D eigenvalue weighted by molar-refractivity contribution is 5.85. The Morgan fingerprint density at radius 2 is 2.19 bits per heavy atom. The molecule has 0 amide bonds. The maximum atomic E-state index is 9.82. The fraction of sp³-hybridized carbons (Fsp3) is 0.409. The molecule has 5 rings (SSSR count). The van der Waals surface area contributed by atoms with Crippen LogP contribution < -0.4 is 9.64 Å². The number of aryl methyl sites for hydroxylation is 2. The molecular formula is C22H25N3O2. The zero-order valence-corrected chi connectivity index (χ0v) is 15.7. The monoisotopic (exact) mass is 363 g/mol. The molecule has 1 fully saturated rings. The van der Waals surface area contributed by atoms with Crippen molar-refractivity contribution in [1.82, 2.24) is 9.97 Å². The Hall–Kier alpha value is -2.53. The number of hydrogen-bond acceptors (Lipinski definition) is 4. The van der Waals surface area contributed by atoms with Gasteiger partial charge in [0.2, 0.25) is 0 Å². The summed E-state index contributed by atoms with van der Waals surface area (Å²) >= 11 is 0. The van der Waals surface area contributed by atoms with Gasteiger partial charge < -0.3 is 19.7 Å². The lowest BCUT2D eigenvalue weighted by atomic mass is 9.97. The Morgan fingerprint density at radius 3 is 3.07 bits per heavy atom. The number of hydrogen-bond donors (Lipinski definition) is 2. The smallest absolute Gasteiger partial charge is 0.145 e. The van der Waals surface area contributed by atoms with Crippen molar-refractivity contribution in [3.8, 4) is 16.9 Å². The molecule has 2 aliphatic rings. The Morgan fingerprint density at radius 1 is 1.26 bits per heavy atom. The zero-order chi connectivity index (χ0) is 18.4. The Balaban J connectivity index is 1.66. The van der Waals surface area contributed by atoms with Gasteiger partial charge in [0.25, 0.3) is 0 Å². The first-order chi connectivity index (χ1) is 13.2. The summed E-state index contributed by atoms with van der Waals surface area (Å²) in [6.07, 6.45) is 8.18. The van der Waals surface area contributed by atoms with E-state index in [0.717, 1.165) is 66.9 Å². The number of anilines is 1. The maximum Gasteiger partial charge on any atom is 0.145 e. The average Bonchev–Trinajstić information content (AvgIpc) is 3.33. The van der Waals surface area contributed by atoms with Gasteiger partial charge in [0.15, 0.2) is 0 Å². The molecule has 140 valence electrons. The number of aliphatic hydroxyl groups is 1. The number of aromatic amines is 1. The van der Waals surface area contributed by atoms with Gasteiger partial charge in [0.05, 0.1) is 24.9 Å². The molecular weight excluding hydrogens is 338 g/mol. The Kier molecular flexibility index (Phi) is 4.05. The lowest BCUT2D eigenvalue weighted by Gasteiger charge is -2.31. The Bertz CT molecular complexity index is 995. The fourth-order valence-electron chi connectivity index (χ4n) is 4.48. The first kappa shape index (κ1) is 16.6.